The second-order valence-corrected chi connectivity index (χ2v) is 10.7. The van der Waals surface area contributed by atoms with E-state index in [0.29, 0.717) is 5.75 Å². The first-order valence-electron chi connectivity index (χ1n) is 12.1. The van der Waals surface area contributed by atoms with Crippen LogP contribution in [0.2, 0.25) is 0 Å². The predicted molar refractivity (Wildman–Crippen MR) is 151 cm³/mol. The van der Waals surface area contributed by atoms with Crippen molar-refractivity contribution in [3.63, 3.8) is 0 Å². The number of esters is 2. The van der Waals surface area contributed by atoms with Gasteiger partial charge in [0.25, 0.3) is 0 Å². The van der Waals surface area contributed by atoms with Crippen LogP contribution in [0, 0.1) is 0 Å². The number of carbonyl (C=O) groups excluding carboxylic acids is 2. The summed E-state index contributed by atoms with van der Waals surface area (Å²) >= 11 is 0. The smallest absolute Gasteiger partial charge is 0.347 e. The van der Waals surface area contributed by atoms with Crippen molar-refractivity contribution in [2.75, 3.05) is 0 Å². The van der Waals surface area contributed by atoms with Gasteiger partial charge in [0.2, 0.25) is 0 Å². The molecule has 0 amide bonds. The zero-order valence-electron chi connectivity index (χ0n) is 20.8. The first kappa shape index (κ1) is 25.1. The molecule has 0 aliphatic carbocycles. The molecule has 5 aromatic carbocycles. The van der Waals surface area contributed by atoms with Crippen molar-refractivity contribution in [3.8, 4) is 11.5 Å². The van der Waals surface area contributed by atoms with Gasteiger partial charge < -0.3 is 9.47 Å². The van der Waals surface area contributed by atoms with E-state index in [4.69, 9.17) is 9.47 Å². The molecule has 0 bridgehead atoms. The van der Waals surface area contributed by atoms with E-state index in [9.17, 15) is 9.59 Å². The molecule has 4 nitrogen and oxygen atoms in total. The van der Waals surface area contributed by atoms with Crippen LogP contribution in [-0.2, 0) is 15.7 Å². The van der Waals surface area contributed by atoms with Gasteiger partial charge in [0.1, 0.15) is 17.1 Å². The van der Waals surface area contributed by atoms with Crippen LogP contribution in [0.25, 0.3) is 10.8 Å². The highest BCUT2D eigenvalue weighted by molar-refractivity contribution is 7.97. The van der Waals surface area contributed by atoms with Crippen LogP contribution in [0.4, 0.5) is 0 Å². The lowest BCUT2D eigenvalue weighted by Gasteiger charge is -2.12. The van der Waals surface area contributed by atoms with Crippen molar-refractivity contribution in [3.05, 3.63) is 139 Å². The van der Waals surface area contributed by atoms with Gasteiger partial charge in [-0.05, 0) is 78.4 Å². The van der Waals surface area contributed by atoms with Crippen molar-refractivity contribution in [1.29, 1.82) is 0 Å². The van der Waals surface area contributed by atoms with E-state index < -0.39 is 11.9 Å². The quantitative estimate of drug-likeness (QED) is 0.0964. The lowest BCUT2D eigenvalue weighted by atomic mass is 10.1. The molecule has 5 rings (SSSR count). The van der Waals surface area contributed by atoms with Gasteiger partial charge in [-0.25, -0.2) is 9.59 Å². The lowest BCUT2D eigenvalue weighted by molar-refractivity contribution is -0.130. The van der Waals surface area contributed by atoms with Crippen molar-refractivity contribution < 1.29 is 19.1 Å². The third-order valence-corrected chi connectivity index (χ3v) is 8.08. The Bertz CT molecular complexity index is 1570. The molecule has 186 valence electrons. The summed E-state index contributed by atoms with van der Waals surface area (Å²) in [6, 6.07) is 39.1. The minimum absolute atomic E-state index is 0.132. The SMILES string of the molecule is C=C(C)C(=O)Oc1cc2ccccc2cc1C(=O)Oc1ccc([S+](c2ccccc2)c2ccccc2)cc1. The lowest BCUT2D eigenvalue weighted by Crippen LogP contribution is -2.15. The number of ether oxygens (including phenoxy) is 2. The summed E-state index contributed by atoms with van der Waals surface area (Å²) in [7, 11) is -0.308. The molecule has 38 heavy (non-hydrogen) atoms. The molecule has 0 aromatic heterocycles. The monoisotopic (exact) mass is 517 g/mol. The molecule has 0 saturated carbocycles. The van der Waals surface area contributed by atoms with Crippen LogP contribution in [-0.4, -0.2) is 11.9 Å². The van der Waals surface area contributed by atoms with Crippen LogP contribution < -0.4 is 9.47 Å². The second-order valence-electron chi connectivity index (χ2n) is 8.66. The number of rotatable bonds is 7. The number of hydrogen-bond acceptors (Lipinski definition) is 4. The first-order chi connectivity index (χ1) is 18.5. The van der Waals surface area contributed by atoms with Gasteiger partial charge in [-0.15, -0.1) is 0 Å². The molecule has 0 atom stereocenters. The second kappa shape index (κ2) is 11.2. The Morgan fingerprint density at radius 2 is 1.13 bits per heavy atom. The van der Waals surface area contributed by atoms with Gasteiger partial charge >= 0.3 is 11.9 Å². The summed E-state index contributed by atoms with van der Waals surface area (Å²) in [4.78, 5) is 29.0. The third kappa shape index (κ3) is 5.53. The molecule has 0 unspecified atom stereocenters. The van der Waals surface area contributed by atoms with E-state index in [1.54, 1.807) is 31.2 Å². The fraction of sp³-hybridized carbons (Fsp3) is 0.0303. The van der Waals surface area contributed by atoms with Gasteiger partial charge in [-0.1, -0.05) is 67.2 Å². The maximum Gasteiger partial charge on any atom is 0.347 e. The summed E-state index contributed by atoms with van der Waals surface area (Å²) in [5, 5.41) is 1.67. The van der Waals surface area contributed by atoms with Gasteiger partial charge in [0.05, 0.1) is 10.9 Å². The Kier molecular flexibility index (Phi) is 7.38. The molecule has 5 heteroatoms. The Labute approximate surface area is 224 Å². The topological polar surface area (TPSA) is 52.6 Å². The highest BCUT2D eigenvalue weighted by atomic mass is 32.2. The van der Waals surface area contributed by atoms with Crippen LogP contribution in [0.5, 0.6) is 11.5 Å². The molecule has 0 aliphatic heterocycles. The molecular formula is C33H25O4S+. The van der Waals surface area contributed by atoms with Crippen LogP contribution in [0.15, 0.2) is 148 Å². The molecule has 0 spiro atoms. The van der Waals surface area contributed by atoms with Crippen molar-refractivity contribution >= 4 is 33.6 Å². The normalized spacial score (nSPS) is 10.8. The van der Waals surface area contributed by atoms with E-state index >= 15 is 0 Å². The Hall–Kier alpha value is -4.61. The highest BCUT2D eigenvalue weighted by Gasteiger charge is 2.28. The fourth-order valence-corrected chi connectivity index (χ4v) is 6.06. The van der Waals surface area contributed by atoms with Gasteiger partial charge in [0, 0.05) is 5.57 Å². The van der Waals surface area contributed by atoms with Crippen molar-refractivity contribution in [2.45, 2.75) is 21.6 Å². The average molecular weight is 518 g/mol. The summed E-state index contributed by atoms with van der Waals surface area (Å²) < 4.78 is 11.2. The summed E-state index contributed by atoms with van der Waals surface area (Å²) in [5.41, 5.74) is 0.399. The van der Waals surface area contributed by atoms with Gasteiger partial charge in [0.15, 0.2) is 14.7 Å². The highest BCUT2D eigenvalue weighted by Crippen LogP contribution is 2.33. The zero-order chi connectivity index (χ0) is 26.5. The van der Waals surface area contributed by atoms with Gasteiger partial charge in [-0.2, -0.15) is 0 Å². The molecule has 0 fully saturated rings. The van der Waals surface area contributed by atoms with E-state index in [1.165, 1.54) is 9.79 Å². The number of hydrogen-bond donors (Lipinski definition) is 0. The van der Waals surface area contributed by atoms with E-state index in [2.05, 4.69) is 30.8 Å². The third-order valence-electron chi connectivity index (χ3n) is 5.85. The van der Waals surface area contributed by atoms with Crippen LogP contribution in [0.1, 0.15) is 17.3 Å². The molecule has 0 radical (unpaired) electrons. The van der Waals surface area contributed by atoms with Crippen molar-refractivity contribution in [2.24, 2.45) is 0 Å². The number of fused-ring (bicyclic) bond motifs is 1. The molecule has 0 heterocycles. The Balaban J connectivity index is 1.44. The Morgan fingerprint density at radius 3 is 1.68 bits per heavy atom. The van der Waals surface area contributed by atoms with E-state index in [0.717, 1.165) is 15.7 Å². The van der Waals surface area contributed by atoms with E-state index in [-0.39, 0.29) is 27.8 Å². The molecular weight excluding hydrogens is 492 g/mol. The standard InChI is InChI=1S/C33H25O4S/c1-23(2)32(34)37-31-22-25-12-10-9-11-24(25)21-30(31)33(35)36-26-17-19-29(20-18-26)38(27-13-5-3-6-14-27)28-15-7-4-8-16-28/h3-22H,1H2,2H3/q+1. The zero-order valence-corrected chi connectivity index (χ0v) is 21.6. The van der Waals surface area contributed by atoms with Crippen LogP contribution >= 0.6 is 0 Å². The van der Waals surface area contributed by atoms with E-state index in [1.807, 2.05) is 72.8 Å². The summed E-state index contributed by atoms with van der Waals surface area (Å²) in [6.07, 6.45) is 0. The summed E-state index contributed by atoms with van der Waals surface area (Å²) in [6.45, 7) is 5.19. The largest absolute Gasteiger partial charge is 0.423 e. The Morgan fingerprint density at radius 1 is 0.632 bits per heavy atom. The molecule has 0 saturated heterocycles. The average Bonchev–Trinajstić information content (AvgIpc) is 2.95. The van der Waals surface area contributed by atoms with Crippen LogP contribution in [0.3, 0.4) is 0 Å². The predicted octanol–water partition coefficient (Wildman–Crippen LogP) is 7.64. The first-order valence-corrected chi connectivity index (χ1v) is 13.3. The molecule has 0 aliphatic rings. The van der Waals surface area contributed by atoms with Crippen molar-refractivity contribution in [1.82, 2.24) is 0 Å². The maximum absolute atomic E-state index is 13.3. The fourth-order valence-electron chi connectivity index (χ4n) is 3.98. The summed E-state index contributed by atoms with van der Waals surface area (Å²) in [5.74, 6) is -0.688. The minimum atomic E-state index is -0.613. The minimum Gasteiger partial charge on any atom is -0.423 e. The number of carbonyl (C=O) groups is 2. The molecule has 5 aromatic rings. The maximum atomic E-state index is 13.3. The molecule has 0 N–H and O–H groups in total. The number of benzene rings is 5. The van der Waals surface area contributed by atoms with Gasteiger partial charge in [-0.3, -0.25) is 0 Å².